The quantitative estimate of drug-likeness (QED) is 0.410. The van der Waals surface area contributed by atoms with Crippen LogP contribution in [0.3, 0.4) is 0 Å². The maximum Gasteiger partial charge on any atom is 0.189 e. The molecule has 0 aromatic carbocycles. The first kappa shape index (κ1) is 4.75. The highest BCUT2D eigenvalue weighted by Crippen LogP contribution is 2.08. The molecular formula is C5H8FN. The Hall–Kier alpha value is -0.400. The van der Waals surface area contributed by atoms with Crippen molar-refractivity contribution in [2.75, 3.05) is 0 Å². The highest BCUT2D eigenvalue weighted by molar-refractivity contribution is 5.57. The fourth-order valence-electron chi connectivity index (χ4n) is 0.641. The summed E-state index contributed by atoms with van der Waals surface area (Å²) < 4.78 is 12.0. The molecule has 7 heavy (non-hydrogen) atoms. The fourth-order valence-corrected chi connectivity index (χ4v) is 0.641. The lowest BCUT2D eigenvalue weighted by atomic mass is 10.2. The van der Waals surface area contributed by atoms with Gasteiger partial charge in [-0.3, -0.25) is 4.99 Å². The molecule has 0 bridgehead atoms. The van der Waals surface area contributed by atoms with E-state index in [0.29, 0.717) is 6.42 Å². The molecule has 2 heteroatoms. The van der Waals surface area contributed by atoms with Crippen LogP contribution in [0.25, 0.3) is 0 Å². The van der Waals surface area contributed by atoms with Gasteiger partial charge < -0.3 is 0 Å². The highest BCUT2D eigenvalue weighted by atomic mass is 19.1. The maximum absolute atomic E-state index is 12.0. The molecule has 0 fully saturated rings. The van der Waals surface area contributed by atoms with E-state index in [9.17, 15) is 4.39 Å². The van der Waals surface area contributed by atoms with Gasteiger partial charge in [0.25, 0.3) is 0 Å². The number of nitrogens with zero attached hydrogens (tertiary/aromatic N) is 1. The third kappa shape index (κ3) is 1.26. The summed E-state index contributed by atoms with van der Waals surface area (Å²) in [5, 5.41) is 0. The van der Waals surface area contributed by atoms with Crippen molar-refractivity contribution in [1.29, 1.82) is 0 Å². The van der Waals surface area contributed by atoms with E-state index in [1.54, 1.807) is 6.21 Å². The van der Waals surface area contributed by atoms with Crippen LogP contribution in [0, 0.1) is 0 Å². The van der Waals surface area contributed by atoms with Crippen molar-refractivity contribution in [3.05, 3.63) is 0 Å². The van der Waals surface area contributed by atoms with Gasteiger partial charge in [-0.1, -0.05) is 0 Å². The van der Waals surface area contributed by atoms with Crippen molar-refractivity contribution >= 4 is 6.21 Å². The van der Waals surface area contributed by atoms with Crippen molar-refractivity contribution in [2.45, 2.75) is 25.6 Å². The molecule has 0 spiro atoms. The lowest BCUT2D eigenvalue weighted by molar-refractivity contribution is 0.315. The zero-order valence-electron chi connectivity index (χ0n) is 4.10. The summed E-state index contributed by atoms with van der Waals surface area (Å²) in [6, 6.07) is 0. The summed E-state index contributed by atoms with van der Waals surface area (Å²) in [7, 11) is 0. The van der Waals surface area contributed by atoms with Crippen molar-refractivity contribution < 1.29 is 4.39 Å². The summed E-state index contributed by atoms with van der Waals surface area (Å²) >= 11 is 0. The first-order chi connectivity index (χ1) is 3.39. The van der Waals surface area contributed by atoms with Gasteiger partial charge in [0.2, 0.25) is 0 Å². The number of halogens is 1. The van der Waals surface area contributed by atoms with Gasteiger partial charge in [-0.15, -0.1) is 0 Å². The molecule has 0 saturated heterocycles. The molecule has 1 rings (SSSR count). The van der Waals surface area contributed by atoms with Crippen LogP contribution in [0.15, 0.2) is 4.99 Å². The topological polar surface area (TPSA) is 12.4 Å². The highest BCUT2D eigenvalue weighted by Gasteiger charge is 2.04. The Morgan fingerprint density at radius 2 is 2.57 bits per heavy atom. The van der Waals surface area contributed by atoms with Gasteiger partial charge in [-0.05, 0) is 19.3 Å². The SMILES string of the molecule is FC1CCCC=N1. The summed E-state index contributed by atoms with van der Waals surface area (Å²) in [6.45, 7) is 0. The predicted octanol–water partition coefficient (Wildman–Crippen LogP) is 1.54. The lowest BCUT2D eigenvalue weighted by Crippen LogP contribution is -2.01. The second-order valence-electron chi connectivity index (χ2n) is 1.70. The van der Waals surface area contributed by atoms with E-state index in [1.165, 1.54) is 0 Å². The summed E-state index contributed by atoms with van der Waals surface area (Å²) in [4.78, 5) is 3.54. The van der Waals surface area contributed by atoms with Crippen LogP contribution < -0.4 is 0 Å². The Kier molecular flexibility index (Phi) is 1.39. The Balaban J connectivity index is 2.36. The Labute approximate surface area is 42.3 Å². The second-order valence-corrected chi connectivity index (χ2v) is 1.70. The fraction of sp³-hybridized carbons (Fsp3) is 0.800. The number of hydrogen-bond donors (Lipinski definition) is 0. The molecule has 1 atom stereocenters. The molecule has 0 radical (unpaired) electrons. The van der Waals surface area contributed by atoms with E-state index in [2.05, 4.69) is 4.99 Å². The molecule has 1 nitrogen and oxygen atoms in total. The molecule has 1 heterocycles. The van der Waals surface area contributed by atoms with E-state index in [0.717, 1.165) is 12.8 Å². The van der Waals surface area contributed by atoms with Gasteiger partial charge in [-0.2, -0.15) is 0 Å². The lowest BCUT2D eigenvalue weighted by Gasteiger charge is -2.04. The number of alkyl halides is 1. The number of aliphatic imine (C=N–C) groups is 1. The van der Waals surface area contributed by atoms with Crippen LogP contribution in [0.5, 0.6) is 0 Å². The predicted molar refractivity (Wildman–Crippen MR) is 27.2 cm³/mol. The molecule has 0 saturated carbocycles. The van der Waals surface area contributed by atoms with E-state index in [1.807, 2.05) is 0 Å². The Morgan fingerprint density at radius 1 is 1.71 bits per heavy atom. The van der Waals surface area contributed by atoms with E-state index < -0.39 is 6.30 Å². The van der Waals surface area contributed by atoms with Crippen LogP contribution in [0.2, 0.25) is 0 Å². The molecule has 0 aromatic heterocycles. The number of rotatable bonds is 0. The monoisotopic (exact) mass is 101 g/mol. The minimum absolute atomic E-state index is 0.622. The molecule has 0 aliphatic carbocycles. The van der Waals surface area contributed by atoms with Crippen molar-refractivity contribution in [3.63, 3.8) is 0 Å². The van der Waals surface area contributed by atoms with E-state index >= 15 is 0 Å². The van der Waals surface area contributed by atoms with Crippen LogP contribution in [-0.2, 0) is 0 Å². The zero-order chi connectivity index (χ0) is 5.11. The van der Waals surface area contributed by atoms with Crippen LogP contribution >= 0.6 is 0 Å². The Bertz CT molecular complexity index is 80.1. The summed E-state index contributed by atoms with van der Waals surface area (Å²) in [5.74, 6) is 0. The van der Waals surface area contributed by atoms with Gasteiger partial charge in [-0.25, -0.2) is 4.39 Å². The summed E-state index contributed by atoms with van der Waals surface area (Å²) in [6.07, 6.45) is 3.31. The molecule has 1 aliphatic heterocycles. The van der Waals surface area contributed by atoms with Gasteiger partial charge in [0.05, 0.1) is 0 Å². The molecule has 0 aromatic rings. The Morgan fingerprint density at radius 3 is 2.86 bits per heavy atom. The van der Waals surface area contributed by atoms with Crippen LogP contribution in [-0.4, -0.2) is 12.5 Å². The van der Waals surface area contributed by atoms with Gasteiger partial charge in [0, 0.05) is 6.21 Å². The number of hydrogen-bond acceptors (Lipinski definition) is 1. The third-order valence-electron chi connectivity index (χ3n) is 1.04. The first-order valence-electron chi connectivity index (χ1n) is 2.55. The van der Waals surface area contributed by atoms with Crippen molar-refractivity contribution in [1.82, 2.24) is 0 Å². The minimum Gasteiger partial charge on any atom is -0.261 e. The van der Waals surface area contributed by atoms with Gasteiger partial charge >= 0.3 is 0 Å². The average Bonchev–Trinajstić information content (AvgIpc) is 1.69. The van der Waals surface area contributed by atoms with Crippen molar-refractivity contribution in [3.8, 4) is 0 Å². The second kappa shape index (κ2) is 2.05. The first-order valence-corrected chi connectivity index (χ1v) is 2.55. The summed E-state index contributed by atoms with van der Waals surface area (Å²) in [5.41, 5.74) is 0. The smallest absolute Gasteiger partial charge is 0.189 e. The normalized spacial score (nSPS) is 30.7. The standard InChI is InChI=1S/C5H8FN/c6-5-3-1-2-4-7-5/h4-5H,1-3H2. The maximum atomic E-state index is 12.0. The van der Waals surface area contributed by atoms with E-state index in [4.69, 9.17) is 0 Å². The van der Waals surface area contributed by atoms with Crippen LogP contribution in [0.1, 0.15) is 19.3 Å². The third-order valence-corrected chi connectivity index (χ3v) is 1.04. The molecule has 1 aliphatic rings. The average molecular weight is 101 g/mol. The van der Waals surface area contributed by atoms with Gasteiger partial charge in [0.15, 0.2) is 6.30 Å². The van der Waals surface area contributed by atoms with E-state index in [-0.39, 0.29) is 0 Å². The molecule has 0 amide bonds. The molecular weight excluding hydrogens is 93.1 g/mol. The minimum atomic E-state index is -0.895. The molecule has 40 valence electrons. The molecule has 0 N–H and O–H groups in total. The largest absolute Gasteiger partial charge is 0.261 e. The van der Waals surface area contributed by atoms with Crippen molar-refractivity contribution in [2.24, 2.45) is 4.99 Å². The zero-order valence-corrected chi connectivity index (χ0v) is 4.10. The van der Waals surface area contributed by atoms with Crippen LogP contribution in [0.4, 0.5) is 4.39 Å². The van der Waals surface area contributed by atoms with Gasteiger partial charge in [0.1, 0.15) is 0 Å². The molecule has 1 unspecified atom stereocenters.